The molecule has 5 heteroatoms. The Hall–Kier alpha value is -1.10. The standard InChI is InChI=1S/C13H24N4O/c1-5-14-10(4)11-16-17-12(18-11)15-8-13(6-7-13)9(2)3/h9-10,14H,5-8H2,1-4H3,(H,15,17). The Morgan fingerprint density at radius 1 is 1.28 bits per heavy atom. The quantitative estimate of drug-likeness (QED) is 0.781. The number of anilines is 1. The topological polar surface area (TPSA) is 63.0 Å². The Balaban J connectivity index is 1.87. The molecule has 1 atom stereocenters. The van der Waals surface area contributed by atoms with Crippen molar-refractivity contribution in [2.75, 3.05) is 18.4 Å². The van der Waals surface area contributed by atoms with Gasteiger partial charge in [-0.2, -0.15) is 0 Å². The average molecular weight is 252 g/mol. The predicted octanol–water partition coefficient (Wildman–Crippen LogP) is 2.59. The van der Waals surface area contributed by atoms with Crippen LogP contribution in [0.4, 0.5) is 6.01 Å². The van der Waals surface area contributed by atoms with Gasteiger partial charge in [0.05, 0.1) is 6.04 Å². The van der Waals surface area contributed by atoms with E-state index in [0.717, 1.165) is 13.1 Å². The van der Waals surface area contributed by atoms with Gasteiger partial charge in [-0.1, -0.05) is 25.9 Å². The van der Waals surface area contributed by atoms with Crippen molar-refractivity contribution in [1.82, 2.24) is 15.5 Å². The third kappa shape index (κ3) is 2.83. The lowest BCUT2D eigenvalue weighted by Gasteiger charge is -2.18. The van der Waals surface area contributed by atoms with E-state index in [1.807, 2.05) is 6.92 Å². The highest BCUT2D eigenvalue weighted by molar-refractivity contribution is 5.20. The van der Waals surface area contributed by atoms with Crippen LogP contribution in [0.1, 0.15) is 52.5 Å². The average Bonchev–Trinajstić information content (AvgIpc) is 2.98. The maximum atomic E-state index is 5.61. The van der Waals surface area contributed by atoms with Gasteiger partial charge in [-0.05, 0) is 37.6 Å². The van der Waals surface area contributed by atoms with Crippen LogP contribution in [0.25, 0.3) is 0 Å². The van der Waals surface area contributed by atoms with Crippen molar-refractivity contribution < 1.29 is 4.42 Å². The highest BCUT2D eigenvalue weighted by atomic mass is 16.4. The molecule has 1 aromatic rings. The monoisotopic (exact) mass is 252 g/mol. The maximum absolute atomic E-state index is 5.61. The second kappa shape index (κ2) is 5.26. The van der Waals surface area contributed by atoms with Crippen LogP contribution >= 0.6 is 0 Å². The van der Waals surface area contributed by atoms with E-state index in [4.69, 9.17) is 4.42 Å². The van der Waals surface area contributed by atoms with Crippen LogP contribution in [0.15, 0.2) is 4.42 Å². The number of hydrogen-bond acceptors (Lipinski definition) is 5. The lowest BCUT2D eigenvalue weighted by atomic mass is 9.92. The van der Waals surface area contributed by atoms with Gasteiger partial charge in [0, 0.05) is 6.54 Å². The van der Waals surface area contributed by atoms with E-state index in [1.165, 1.54) is 12.8 Å². The molecule has 0 saturated heterocycles. The minimum absolute atomic E-state index is 0.109. The van der Waals surface area contributed by atoms with Crippen LogP contribution in [-0.4, -0.2) is 23.3 Å². The van der Waals surface area contributed by atoms with E-state index in [9.17, 15) is 0 Å². The zero-order chi connectivity index (χ0) is 13.2. The third-order valence-electron chi connectivity index (χ3n) is 4.03. The van der Waals surface area contributed by atoms with Crippen molar-refractivity contribution in [3.05, 3.63) is 5.89 Å². The molecule has 0 amide bonds. The number of hydrogen-bond donors (Lipinski definition) is 2. The van der Waals surface area contributed by atoms with Gasteiger partial charge in [0.25, 0.3) is 0 Å². The summed E-state index contributed by atoms with van der Waals surface area (Å²) in [4.78, 5) is 0. The fourth-order valence-corrected chi connectivity index (χ4v) is 2.24. The molecular formula is C13H24N4O. The molecule has 0 aromatic carbocycles. The van der Waals surface area contributed by atoms with Gasteiger partial charge in [0.2, 0.25) is 5.89 Å². The molecule has 1 heterocycles. The summed E-state index contributed by atoms with van der Waals surface area (Å²) < 4.78 is 5.61. The van der Waals surface area contributed by atoms with E-state index < -0.39 is 0 Å². The summed E-state index contributed by atoms with van der Waals surface area (Å²) in [6.07, 6.45) is 2.60. The summed E-state index contributed by atoms with van der Waals surface area (Å²) in [6, 6.07) is 0.653. The van der Waals surface area contributed by atoms with Crippen LogP contribution in [0.3, 0.4) is 0 Å². The minimum atomic E-state index is 0.109. The molecule has 2 rings (SSSR count). The van der Waals surface area contributed by atoms with Gasteiger partial charge in [0.1, 0.15) is 0 Å². The number of rotatable bonds is 7. The van der Waals surface area contributed by atoms with Gasteiger partial charge in [-0.15, -0.1) is 5.10 Å². The van der Waals surface area contributed by atoms with Crippen LogP contribution in [-0.2, 0) is 0 Å². The lowest BCUT2D eigenvalue weighted by Crippen LogP contribution is -2.21. The molecule has 0 spiro atoms. The second-order valence-corrected chi connectivity index (χ2v) is 5.60. The highest BCUT2D eigenvalue weighted by Gasteiger charge is 2.45. The molecule has 1 aliphatic rings. The summed E-state index contributed by atoms with van der Waals surface area (Å²) in [5.74, 6) is 1.35. The Kier molecular flexibility index (Phi) is 3.90. The van der Waals surface area contributed by atoms with Gasteiger partial charge < -0.3 is 15.1 Å². The summed E-state index contributed by atoms with van der Waals surface area (Å²) in [5, 5.41) is 14.6. The Labute approximate surface area is 109 Å². The molecule has 1 saturated carbocycles. The van der Waals surface area contributed by atoms with E-state index >= 15 is 0 Å². The van der Waals surface area contributed by atoms with Crippen LogP contribution < -0.4 is 10.6 Å². The van der Waals surface area contributed by atoms with Crippen LogP contribution in [0.5, 0.6) is 0 Å². The Morgan fingerprint density at radius 2 is 2.00 bits per heavy atom. The molecule has 0 radical (unpaired) electrons. The van der Waals surface area contributed by atoms with E-state index in [1.54, 1.807) is 0 Å². The summed E-state index contributed by atoms with van der Waals surface area (Å²) in [5.41, 5.74) is 0.446. The van der Waals surface area contributed by atoms with Crippen molar-refractivity contribution in [2.45, 2.75) is 46.6 Å². The summed E-state index contributed by atoms with van der Waals surface area (Å²) in [6.45, 7) is 10.5. The molecule has 0 aliphatic heterocycles. The molecule has 18 heavy (non-hydrogen) atoms. The van der Waals surface area contributed by atoms with E-state index in [2.05, 4.69) is 41.6 Å². The third-order valence-corrected chi connectivity index (χ3v) is 4.03. The van der Waals surface area contributed by atoms with Crippen molar-refractivity contribution >= 4 is 6.01 Å². The van der Waals surface area contributed by atoms with E-state index in [0.29, 0.717) is 23.2 Å². The van der Waals surface area contributed by atoms with Gasteiger partial charge in [-0.25, -0.2) is 0 Å². The predicted molar refractivity (Wildman–Crippen MR) is 71.4 cm³/mol. The summed E-state index contributed by atoms with van der Waals surface area (Å²) in [7, 11) is 0. The highest BCUT2D eigenvalue weighted by Crippen LogP contribution is 2.51. The molecule has 102 valence electrons. The normalized spacial score (nSPS) is 18.9. The molecule has 0 bridgehead atoms. The fourth-order valence-electron chi connectivity index (χ4n) is 2.24. The van der Waals surface area contributed by atoms with E-state index in [-0.39, 0.29) is 6.04 Å². The van der Waals surface area contributed by atoms with Crippen LogP contribution in [0.2, 0.25) is 0 Å². The Morgan fingerprint density at radius 3 is 2.56 bits per heavy atom. The maximum Gasteiger partial charge on any atom is 0.315 e. The van der Waals surface area contributed by atoms with Crippen molar-refractivity contribution in [3.63, 3.8) is 0 Å². The molecule has 2 N–H and O–H groups in total. The smallest absolute Gasteiger partial charge is 0.315 e. The first-order valence-corrected chi connectivity index (χ1v) is 6.88. The molecule has 1 aliphatic carbocycles. The van der Waals surface area contributed by atoms with Gasteiger partial charge in [-0.3, -0.25) is 0 Å². The Bertz CT molecular complexity index is 384. The van der Waals surface area contributed by atoms with Crippen molar-refractivity contribution in [3.8, 4) is 0 Å². The zero-order valence-electron chi connectivity index (χ0n) is 11.8. The molecular weight excluding hydrogens is 228 g/mol. The number of aromatic nitrogens is 2. The lowest BCUT2D eigenvalue weighted by molar-refractivity contribution is 0.372. The molecule has 1 aromatic heterocycles. The zero-order valence-corrected chi connectivity index (χ0v) is 11.8. The SMILES string of the molecule is CCNC(C)c1nnc(NCC2(C(C)C)CC2)o1. The molecule has 1 unspecified atom stereocenters. The summed E-state index contributed by atoms with van der Waals surface area (Å²) >= 11 is 0. The van der Waals surface area contributed by atoms with Gasteiger partial charge >= 0.3 is 6.01 Å². The minimum Gasteiger partial charge on any atom is -0.406 e. The first-order chi connectivity index (χ1) is 8.57. The molecule has 1 fully saturated rings. The fraction of sp³-hybridized carbons (Fsp3) is 0.846. The molecule has 5 nitrogen and oxygen atoms in total. The first kappa shape index (κ1) is 13.3. The number of nitrogens with one attached hydrogen (secondary N) is 2. The number of nitrogens with zero attached hydrogens (tertiary/aromatic N) is 2. The van der Waals surface area contributed by atoms with Gasteiger partial charge in [0.15, 0.2) is 0 Å². The van der Waals surface area contributed by atoms with Crippen LogP contribution in [0, 0.1) is 11.3 Å². The largest absolute Gasteiger partial charge is 0.406 e. The van der Waals surface area contributed by atoms with Crippen molar-refractivity contribution in [1.29, 1.82) is 0 Å². The van der Waals surface area contributed by atoms with Crippen molar-refractivity contribution in [2.24, 2.45) is 11.3 Å². The second-order valence-electron chi connectivity index (χ2n) is 5.60. The first-order valence-electron chi connectivity index (χ1n) is 6.88.